The van der Waals surface area contributed by atoms with Gasteiger partial charge in [0.2, 0.25) is 0 Å². The van der Waals surface area contributed by atoms with Crippen LogP contribution in [-0.2, 0) is 0 Å². The van der Waals surface area contributed by atoms with Crippen molar-refractivity contribution < 1.29 is 4.79 Å². The van der Waals surface area contributed by atoms with E-state index in [1.807, 2.05) is 6.92 Å². The number of carbonyl (C=O) groups is 1. The van der Waals surface area contributed by atoms with Crippen LogP contribution in [0.4, 0.5) is 5.69 Å². The summed E-state index contributed by atoms with van der Waals surface area (Å²) in [5.74, 6) is 0.726. The van der Waals surface area contributed by atoms with Crippen molar-refractivity contribution in [3.8, 4) is 0 Å². The second kappa shape index (κ2) is 6.78. The molecule has 18 heavy (non-hydrogen) atoms. The van der Waals surface area contributed by atoms with Crippen molar-refractivity contribution in [3.05, 3.63) is 15.8 Å². The van der Waals surface area contributed by atoms with Crippen LogP contribution < -0.4 is 11.1 Å². The van der Waals surface area contributed by atoms with E-state index in [4.69, 9.17) is 5.73 Å². The molecule has 1 heterocycles. The van der Waals surface area contributed by atoms with Crippen molar-refractivity contribution >= 4 is 22.9 Å². The minimum Gasteiger partial charge on any atom is -0.398 e. The molecule has 0 aliphatic heterocycles. The topological polar surface area (TPSA) is 55.1 Å². The Morgan fingerprint density at radius 1 is 1.39 bits per heavy atom. The Bertz CT molecular complexity index is 379. The summed E-state index contributed by atoms with van der Waals surface area (Å²) >= 11 is 1.46. The fraction of sp³-hybridized carbons (Fsp3) is 0.643. The fourth-order valence-corrected chi connectivity index (χ4v) is 2.65. The molecule has 1 aromatic rings. The van der Waals surface area contributed by atoms with E-state index in [9.17, 15) is 4.79 Å². The number of nitrogen functional groups attached to an aromatic ring is 1. The fourth-order valence-electron chi connectivity index (χ4n) is 1.81. The van der Waals surface area contributed by atoms with Crippen LogP contribution in [-0.4, -0.2) is 11.9 Å². The Kier molecular flexibility index (Phi) is 5.66. The standard InChI is InChI=1S/C14H24N2OS/c1-9(2)6-5-7-10(3)16-14(17)13-8-12(15)11(4)18-13/h8-10H,5-7,15H2,1-4H3,(H,16,17). The van der Waals surface area contributed by atoms with Gasteiger partial charge in [-0.05, 0) is 32.3 Å². The van der Waals surface area contributed by atoms with E-state index >= 15 is 0 Å². The first kappa shape index (κ1) is 15.0. The molecule has 0 saturated carbocycles. The molecule has 0 aliphatic carbocycles. The maximum absolute atomic E-state index is 12.0. The van der Waals surface area contributed by atoms with E-state index in [0.29, 0.717) is 10.6 Å². The minimum atomic E-state index is -0.00292. The summed E-state index contributed by atoms with van der Waals surface area (Å²) in [6, 6.07) is 1.98. The summed E-state index contributed by atoms with van der Waals surface area (Å²) in [7, 11) is 0. The molecule has 3 nitrogen and oxygen atoms in total. The van der Waals surface area contributed by atoms with E-state index in [1.165, 1.54) is 17.8 Å². The van der Waals surface area contributed by atoms with Gasteiger partial charge in [0.25, 0.3) is 5.91 Å². The Balaban J connectivity index is 2.39. The van der Waals surface area contributed by atoms with Gasteiger partial charge in [0.1, 0.15) is 0 Å². The third kappa shape index (κ3) is 4.69. The van der Waals surface area contributed by atoms with Crippen LogP contribution in [0, 0.1) is 12.8 Å². The summed E-state index contributed by atoms with van der Waals surface area (Å²) in [6.45, 7) is 8.44. The first-order chi connectivity index (χ1) is 8.40. The SMILES string of the molecule is Cc1sc(C(=O)NC(C)CCCC(C)C)cc1N. The molecule has 1 rings (SSSR count). The molecule has 1 aromatic heterocycles. The average molecular weight is 268 g/mol. The number of nitrogens with two attached hydrogens (primary N) is 1. The number of anilines is 1. The van der Waals surface area contributed by atoms with Gasteiger partial charge in [-0.2, -0.15) is 0 Å². The summed E-state index contributed by atoms with van der Waals surface area (Å²) < 4.78 is 0. The van der Waals surface area contributed by atoms with Crippen LogP contribution in [0.2, 0.25) is 0 Å². The molecule has 0 aromatic carbocycles. The quantitative estimate of drug-likeness (QED) is 0.828. The molecule has 0 spiro atoms. The number of thiophene rings is 1. The number of hydrogen-bond donors (Lipinski definition) is 2. The van der Waals surface area contributed by atoms with Crippen molar-refractivity contribution in [1.82, 2.24) is 5.32 Å². The van der Waals surface area contributed by atoms with Crippen molar-refractivity contribution in [2.75, 3.05) is 5.73 Å². The minimum absolute atomic E-state index is 0.00292. The third-order valence-electron chi connectivity index (χ3n) is 2.98. The van der Waals surface area contributed by atoms with E-state index in [0.717, 1.165) is 23.6 Å². The van der Waals surface area contributed by atoms with Crippen LogP contribution in [0.3, 0.4) is 0 Å². The normalized spacial score (nSPS) is 12.7. The predicted octanol–water partition coefficient (Wildman–Crippen LogP) is 3.58. The first-order valence-electron chi connectivity index (χ1n) is 6.57. The molecule has 3 N–H and O–H groups in total. The highest BCUT2D eigenvalue weighted by Crippen LogP contribution is 2.23. The summed E-state index contributed by atoms with van der Waals surface area (Å²) in [5, 5.41) is 3.03. The molecule has 0 bridgehead atoms. The van der Waals surface area contributed by atoms with E-state index < -0.39 is 0 Å². The van der Waals surface area contributed by atoms with Crippen LogP contribution in [0.15, 0.2) is 6.07 Å². The molecule has 0 fully saturated rings. The molecule has 0 radical (unpaired) electrons. The molecule has 0 saturated heterocycles. The monoisotopic (exact) mass is 268 g/mol. The van der Waals surface area contributed by atoms with Crippen LogP contribution in [0.5, 0.6) is 0 Å². The summed E-state index contributed by atoms with van der Waals surface area (Å²) in [5.41, 5.74) is 6.46. The Labute approximate surface area is 114 Å². The molecule has 1 atom stereocenters. The lowest BCUT2D eigenvalue weighted by atomic mass is 10.0. The van der Waals surface area contributed by atoms with Gasteiger partial charge in [-0.15, -0.1) is 11.3 Å². The highest BCUT2D eigenvalue weighted by molar-refractivity contribution is 7.14. The summed E-state index contributed by atoms with van der Waals surface area (Å²) in [4.78, 5) is 13.7. The van der Waals surface area contributed by atoms with E-state index in [1.54, 1.807) is 6.07 Å². The zero-order valence-electron chi connectivity index (χ0n) is 11.7. The zero-order chi connectivity index (χ0) is 13.7. The zero-order valence-corrected chi connectivity index (χ0v) is 12.6. The van der Waals surface area contributed by atoms with Gasteiger partial charge in [0, 0.05) is 16.6 Å². The summed E-state index contributed by atoms with van der Waals surface area (Å²) in [6.07, 6.45) is 3.40. The highest BCUT2D eigenvalue weighted by atomic mass is 32.1. The number of rotatable bonds is 6. The van der Waals surface area contributed by atoms with Gasteiger partial charge in [-0.1, -0.05) is 26.7 Å². The number of carbonyl (C=O) groups excluding carboxylic acids is 1. The van der Waals surface area contributed by atoms with Crippen molar-refractivity contribution in [2.24, 2.45) is 5.92 Å². The molecule has 1 amide bonds. The second-order valence-corrected chi connectivity index (χ2v) is 6.58. The Morgan fingerprint density at radius 2 is 2.06 bits per heavy atom. The lowest BCUT2D eigenvalue weighted by Crippen LogP contribution is -2.32. The van der Waals surface area contributed by atoms with Crippen LogP contribution >= 0.6 is 11.3 Å². The highest BCUT2D eigenvalue weighted by Gasteiger charge is 2.13. The average Bonchev–Trinajstić information content (AvgIpc) is 2.58. The lowest BCUT2D eigenvalue weighted by molar-refractivity contribution is 0.0942. The lowest BCUT2D eigenvalue weighted by Gasteiger charge is -2.13. The molecular formula is C14H24N2OS. The van der Waals surface area contributed by atoms with Crippen LogP contribution in [0.25, 0.3) is 0 Å². The van der Waals surface area contributed by atoms with Gasteiger partial charge in [0.15, 0.2) is 0 Å². The molecule has 102 valence electrons. The number of hydrogen-bond acceptors (Lipinski definition) is 3. The van der Waals surface area contributed by atoms with Gasteiger partial charge in [-0.3, -0.25) is 4.79 Å². The van der Waals surface area contributed by atoms with Crippen molar-refractivity contribution in [3.63, 3.8) is 0 Å². The second-order valence-electron chi connectivity index (χ2n) is 5.32. The Morgan fingerprint density at radius 3 is 2.56 bits per heavy atom. The largest absolute Gasteiger partial charge is 0.398 e. The Hall–Kier alpha value is -1.03. The van der Waals surface area contributed by atoms with Gasteiger partial charge in [-0.25, -0.2) is 0 Å². The van der Waals surface area contributed by atoms with Crippen molar-refractivity contribution in [1.29, 1.82) is 0 Å². The van der Waals surface area contributed by atoms with Crippen LogP contribution in [0.1, 0.15) is 54.6 Å². The van der Waals surface area contributed by atoms with Gasteiger partial charge in [0.05, 0.1) is 4.88 Å². The molecule has 4 heteroatoms. The molecular weight excluding hydrogens is 244 g/mol. The molecule has 1 unspecified atom stereocenters. The van der Waals surface area contributed by atoms with E-state index in [2.05, 4.69) is 26.1 Å². The smallest absolute Gasteiger partial charge is 0.261 e. The third-order valence-corrected chi connectivity index (χ3v) is 4.04. The maximum atomic E-state index is 12.0. The van der Waals surface area contributed by atoms with Gasteiger partial charge < -0.3 is 11.1 Å². The number of nitrogens with one attached hydrogen (secondary N) is 1. The predicted molar refractivity (Wildman–Crippen MR) is 79.1 cm³/mol. The first-order valence-corrected chi connectivity index (χ1v) is 7.38. The van der Waals surface area contributed by atoms with Crippen molar-refractivity contribution in [2.45, 2.75) is 53.0 Å². The molecule has 0 aliphatic rings. The number of aryl methyl sites for hydroxylation is 1. The van der Waals surface area contributed by atoms with E-state index in [-0.39, 0.29) is 11.9 Å². The number of amides is 1. The maximum Gasteiger partial charge on any atom is 0.261 e. The van der Waals surface area contributed by atoms with Gasteiger partial charge >= 0.3 is 0 Å².